The Bertz CT molecular complexity index is 620. The fourth-order valence-corrected chi connectivity index (χ4v) is 5.34. The SMILES string of the molecule is CCCN(C1CNC1)S(=O)(=O)c1cc(Cl)cc(Br)c1OC. The third kappa shape index (κ3) is 3.37. The molecule has 0 saturated carbocycles. The topological polar surface area (TPSA) is 58.6 Å². The number of sulfonamides is 1. The molecule has 1 aliphatic rings. The fourth-order valence-electron chi connectivity index (χ4n) is 2.25. The molecular formula is C13H18BrClN2O3S. The smallest absolute Gasteiger partial charge is 0.247 e. The van der Waals surface area contributed by atoms with Crippen molar-refractivity contribution in [3.63, 3.8) is 0 Å². The quantitative estimate of drug-likeness (QED) is 0.801. The molecule has 0 atom stereocenters. The number of methoxy groups -OCH3 is 1. The summed E-state index contributed by atoms with van der Waals surface area (Å²) in [6.07, 6.45) is 0.750. The van der Waals surface area contributed by atoms with Crippen LogP contribution in [-0.2, 0) is 10.0 Å². The molecule has 1 N–H and O–H groups in total. The molecule has 1 aromatic carbocycles. The Morgan fingerprint density at radius 3 is 2.62 bits per heavy atom. The second kappa shape index (κ2) is 6.83. The van der Waals surface area contributed by atoms with E-state index in [0.29, 0.717) is 29.1 Å². The van der Waals surface area contributed by atoms with Crippen LogP contribution < -0.4 is 10.1 Å². The minimum absolute atomic E-state index is 0.0163. The lowest BCUT2D eigenvalue weighted by atomic mass is 10.2. The number of halogens is 2. The van der Waals surface area contributed by atoms with Gasteiger partial charge in [-0.1, -0.05) is 18.5 Å². The summed E-state index contributed by atoms with van der Waals surface area (Å²) >= 11 is 9.32. The van der Waals surface area contributed by atoms with Gasteiger partial charge in [0.15, 0.2) is 5.75 Å². The second-order valence-corrected chi connectivity index (χ2v) is 8.00. The van der Waals surface area contributed by atoms with Gasteiger partial charge in [0.25, 0.3) is 0 Å². The highest BCUT2D eigenvalue weighted by atomic mass is 79.9. The molecule has 1 aliphatic heterocycles. The maximum Gasteiger partial charge on any atom is 0.247 e. The van der Waals surface area contributed by atoms with Gasteiger partial charge >= 0.3 is 0 Å². The van der Waals surface area contributed by atoms with Crippen molar-refractivity contribution in [3.8, 4) is 5.75 Å². The van der Waals surface area contributed by atoms with Crippen molar-refractivity contribution in [3.05, 3.63) is 21.6 Å². The second-order valence-electron chi connectivity index (χ2n) is 4.85. The molecular weight excluding hydrogens is 380 g/mol. The summed E-state index contributed by atoms with van der Waals surface area (Å²) in [4.78, 5) is 0.102. The van der Waals surface area contributed by atoms with Crippen molar-refractivity contribution < 1.29 is 13.2 Å². The van der Waals surface area contributed by atoms with Crippen molar-refractivity contribution in [1.82, 2.24) is 9.62 Å². The maximum absolute atomic E-state index is 13.0. The van der Waals surface area contributed by atoms with Crippen molar-refractivity contribution >= 4 is 37.6 Å². The molecule has 0 radical (unpaired) electrons. The van der Waals surface area contributed by atoms with E-state index in [1.807, 2.05) is 6.92 Å². The molecule has 0 aliphatic carbocycles. The summed E-state index contributed by atoms with van der Waals surface area (Å²) in [7, 11) is -2.21. The number of benzene rings is 1. The number of ether oxygens (including phenoxy) is 1. The normalized spacial score (nSPS) is 16.0. The number of nitrogens with one attached hydrogen (secondary N) is 1. The maximum atomic E-state index is 13.0. The van der Waals surface area contributed by atoms with E-state index in [4.69, 9.17) is 16.3 Å². The van der Waals surface area contributed by atoms with Gasteiger partial charge in [0.1, 0.15) is 4.90 Å². The highest BCUT2D eigenvalue weighted by Crippen LogP contribution is 2.37. The van der Waals surface area contributed by atoms with Crippen LogP contribution >= 0.6 is 27.5 Å². The number of nitrogens with zero attached hydrogens (tertiary/aromatic N) is 1. The lowest BCUT2D eigenvalue weighted by Crippen LogP contribution is -2.58. The predicted octanol–water partition coefficient (Wildman–Crippen LogP) is 2.48. The van der Waals surface area contributed by atoms with E-state index in [0.717, 1.165) is 6.42 Å². The van der Waals surface area contributed by atoms with Gasteiger partial charge in [0.05, 0.1) is 17.6 Å². The summed E-state index contributed by atoms with van der Waals surface area (Å²) in [6.45, 7) is 3.77. The minimum Gasteiger partial charge on any atom is -0.494 e. The van der Waals surface area contributed by atoms with Gasteiger partial charge in [-0.2, -0.15) is 4.31 Å². The zero-order chi connectivity index (χ0) is 15.6. The predicted molar refractivity (Wildman–Crippen MR) is 86.5 cm³/mol. The molecule has 1 aromatic rings. The average molecular weight is 398 g/mol. The summed E-state index contributed by atoms with van der Waals surface area (Å²) in [5.74, 6) is 0.285. The van der Waals surface area contributed by atoms with Crippen LogP contribution in [-0.4, -0.2) is 45.5 Å². The highest BCUT2D eigenvalue weighted by molar-refractivity contribution is 9.10. The Morgan fingerprint density at radius 2 is 2.14 bits per heavy atom. The van der Waals surface area contributed by atoms with E-state index >= 15 is 0 Å². The zero-order valence-corrected chi connectivity index (χ0v) is 15.1. The summed E-state index contributed by atoms with van der Waals surface area (Å²) in [5, 5.41) is 3.45. The highest BCUT2D eigenvalue weighted by Gasteiger charge is 2.36. The van der Waals surface area contributed by atoms with Crippen LogP contribution in [0.1, 0.15) is 13.3 Å². The fraction of sp³-hybridized carbons (Fsp3) is 0.538. The first-order chi connectivity index (χ1) is 9.91. The average Bonchev–Trinajstić information content (AvgIpc) is 2.35. The third-order valence-electron chi connectivity index (χ3n) is 3.38. The van der Waals surface area contributed by atoms with E-state index < -0.39 is 10.0 Å². The van der Waals surface area contributed by atoms with Crippen molar-refractivity contribution in [2.45, 2.75) is 24.3 Å². The molecule has 8 heteroatoms. The zero-order valence-electron chi connectivity index (χ0n) is 11.9. The van der Waals surface area contributed by atoms with Crippen molar-refractivity contribution in [2.24, 2.45) is 0 Å². The molecule has 0 unspecified atom stereocenters. The molecule has 2 rings (SSSR count). The molecule has 118 valence electrons. The van der Waals surface area contributed by atoms with Gasteiger partial charge in [-0.3, -0.25) is 0 Å². The Balaban J connectivity index is 2.51. The minimum atomic E-state index is -3.66. The monoisotopic (exact) mass is 396 g/mol. The number of hydrogen-bond donors (Lipinski definition) is 1. The van der Waals surface area contributed by atoms with Crippen LogP contribution in [0.25, 0.3) is 0 Å². The molecule has 0 spiro atoms. The van der Waals surface area contributed by atoms with Gasteiger partial charge in [0, 0.05) is 24.7 Å². The molecule has 0 aromatic heterocycles. The van der Waals surface area contributed by atoms with Crippen LogP contribution in [0, 0.1) is 0 Å². The van der Waals surface area contributed by atoms with Gasteiger partial charge in [0.2, 0.25) is 10.0 Å². The third-order valence-corrected chi connectivity index (χ3v) is 6.14. The van der Waals surface area contributed by atoms with Crippen molar-refractivity contribution in [2.75, 3.05) is 26.7 Å². The lowest BCUT2D eigenvalue weighted by molar-refractivity contribution is 0.241. The summed E-state index contributed by atoms with van der Waals surface area (Å²) in [6, 6.07) is 3.04. The van der Waals surface area contributed by atoms with Gasteiger partial charge in [-0.15, -0.1) is 0 Å². The van der Waals surface area contributed by atoms with E-state index in [1.165, 1.54) is 17.5 Å². The first-order valence-corrected chi connectivity index (χ1v) is 9.28. The molecule has 21 heavy (non-hydrogen) atoms. The van der Waals surface area contributed by atoms with Crippen LogP contribution in [0.4, 0.5) is 0 Å². The molecule has 5 nitrogen and oxygen atoms in total. The molecule has 1 fully saturated rings. The van der Waals surface area contributed by atoms with Gasteiger partial charge < -0.3 is 10.1 Å². The van der Waals surface area contributed by atoms with Crippen LogP contribution in [0.3, 0.4) is 0 Å². The number of rotatable bonds is 6. The van der Waals surface area contributed by atoms with Crippen LogP contribution in [0.15, 0.2) is 21.5 Å². The van der Waals surface area contributed by atoms with Crippen LogP contribution in [0.5, 0.6) is 5.75 Å². The first kappa shape index (κ1) is 17.0. The molecule has 1 heterocycles. The Labute approximate surface area is 138 Å². The van der Waals surface area contributed by atoms with E-state index in [1.54, 1.807) is 6.07 Å². The van der Waals surface area contributed by atoms with E-state index in [-0.39, 0.29) is 16.7 Å². The largest absolute Gasteiger partial charge is 0.494 e. The van der Waals surface area contributed by atoms with Gasteiger partial charge in [-0.05, 0) is 34.5 Å². The summed E-state index contributed by atoms with van der Waals surface area (Å²) in [5.41, 5.74) is 0. The molecule has 0 bridgehead atoms. The van der Waals surface area contributed by atoms with E-state index in [9.17, 15) is 8.42 Å². The Hall–Kier alpha value is -0.340. The number of hydrogen-bond acceptors (Lipinski definition) is 4. The van der Waals surface area contributed by atoms with Crippen molar-refractivity contribution in [1.29, 1.82) is 0 Å². The van der Waals surface area contributed by atoms with Crippen LogP contribution in [0.2, 0.25) is 5.02 Å². The van der Waals surface area contributed by atoms with E-state index in [2.05, 4.69) is 21.2 Å². The summed E-state index contributed by atoms with van der Waals surface area (Å²) < 4.78 is 33.3. The lowest BCUT2D eigenvalue weighted by Gasteiger charge is -2.37. The Morgan fingerprint density at radius 1 is 1.48 bits per heavy atom. The Kier molecular flexibility index (Phi) is 5.54. The first-order valence-electron chi connectivity index (χ1n) is 6.67. The molecule has 0 amide bonds. The standard InChI is InChI=1S/C13H18BrClN2O3S/c1-3-4-17(10-7-16-8-10)21(18,19)12-6-9(15)5-11(14)13(12)20-2/h5-6,10,16H,3-4,7-8H2,1-2H3. The molecule has 1 saturated heterocycles. The van der Waals surface area contributed by atoms with Gasteiger partial charge in [-0.25, -0.2) is 8.42 Å².